The third-order valence-electron chi connectivity index (χ3n) is 6.26. The standard InChI is InChI=1S/C25H21ClN2O5S/c1-33-25(30)22-14-17-7-3-5-9-21(17)28(22)24(29)18-10-11-19(26)23(15-18)34(31,32)27-13-12-16-6-2-4-8-20(16)27/h2-11,15,22H,12-14H2,1H3. The summed E-state index contributed by atoms with van der Waals surface area (Å²) in [7, 11) is -2.75. The molecule has 0 saturated heterocycles. The maximum atomic E-state index is 13.6. The number of methoxy groups -OCH3 is 1. The summed E-state index contributed by atoms with van der Waals surface area (Å²) in [6, 6.07) is 17.8. The van der Waals surface area contributed by atoms with Crippen LogP contribution in [0.1, 0.15) is 21.5 Å². The number of amides is 1. The van der Waals surface area contributed by atoms with Crippen LogP contribution in [0, 0.1) is 0 Å². The van der Waals surface area contributed by atoms with E-state index in [1.807, 2.05) is 24.3 Å². The van der Waals surface area contributed by atoms with Crippen LogP contribution in [0.3, 0.4) is 0 Å². The number of halogens is 1. The van der Waals surface area contributed by atoms with Crippen LogP contribution in [0.15, 0.2) is 71.6 Å². The van der Waals surface area contributed by atoms with Crippen molar-refractivity contribution in [2.24, 2.45) is 0 Å². The van der Waals surface area contributed by atoms with Gasteiger partial charge in [-0.25, -0.2) is 13.2 Å². The van der Waals surface area contributed by atoms with Gasteiger partial charge in [0.05, 0.1) is 17.8 Å². The molecule has 2 aliphatic rings. The highest BCUT2D eigenvalue weighted by molar-refractivity contribution is 7.93. The van der Waals surface area contributed by atoms with Crippen LogP contribution in [-0.2, 0) is 32.4 Å². The molecule has 34 heavy (non-hydrogen) atoms. The Morgan fingerprint density at radius 1 is 0.971 bits per heavy atom. The lowest BCUT2D eigenvalue weighted by molar-refractivity contribution is -0.141. The molecule has 9 heteroatoms. The number of rotatable bonds is 4. The first-order valence-electron chi connectivity index (χ1n) is 10.7. The molecule has 1 unspecified atom stereocenters. The molecule has 0 saturated carbocycles. The molecule has 3 aromatic rings. The monoisotopic (exact) mass is 496 g/mol. The first-order chi connectivity index (χ1) is 16.3. The minimum absolute atomic E-state index is 0.0206. The lowest BCUT2D eigenvalue weighted by atomic mass is 10.1. The second-order valence-corrected chi connectivity index (χ2v) is 10.4. The maximum absolute atomic E-state index is 13.6. The zero-order chi connectivity index (χ0) is 24.0. The van der Waals surface area contributed by atoms with Crippen molar-refractivity contribution in [3.05, 3.63) is 88.4 Å². The number of fused-ring (bicyclic) bond motifs is 2. The Labute approximate surface area is 202 Å². The van der Waals surface area contributed by atoms with Crippen LogP contribution < -0.4 is 9.21 Å². The first kappa shape index (κ1) is 22.4. The molecule has 2 aliphatic heterocycles. The molecule has 0 bridgehead atoms. The molecule has 0 spiro atoms. The van der Waals surface area contributed by atoms with Crippen LogP contribution in [0.2, 0.25) is 5.02 Å². The minimum atomic E-state index is -4.02. The number of ether oxygens (including phenoxy) is 1. The summed E-state index contributed by atoms with van der Waals surface area (Å²) in [5.41, 5.74) is 3.08. The van der Waals surface area contributed by atoms with Gasteiger partial charge in [-0.3, -0.25) is 14.0 Å². The Morgan fingerprint density at radius 3 is 2.38 bits per heavy atom. The molecule has 0 radical (unpaired) electrons. The highest BCUT2D eigenvalue weighted by Gasteiger charge is 2.40. The molecule has 1 atom stereocenters. The molecule has 2 heterocycles. The van der Waals surface area contributed by atoms with E-state index in [1.165, 1.54) is 34.5 Å². The van der Waals surface area contributed by atoms with E-state index in [2.05, 4.69) is 0 Å². The molecule has 5 rings (SSSR count). The summed E-state index contributed by atoms with van der Waals surface area (Å²) >= 11 is 6.33. The Bertz CT molecular complexity index is 1420. The van der Waals surface area contributed by atoms with Gasteiger partial charge < -0.3 is 4.74 Å². The summed E-state index contributed by atoms with van der Waals surface area (Å²) in [5.74, 6) is -1.05. The number of sulfonamides is 1. The van der Waals surface area contributed by atoms with Gasteiger partial charge in [0.15, 0.2) is 0 Å². The molecular formula is C25H21ClN2O5S. The third kappa shape index (κ3) is 3.54. The largest absolute Gasteiger partial charge is 0.467 e. The smallest absolute Gasteiger partial charge is 0.329 e. The topological polar surface area (TPSA) is 84.0 Å². The van der Waals surface area contributed by atoms with Gasteiger partial charge in [0, 0.05) is 24.2 Å². The number of carbonyl (C=O) groups is 2. The van der Waals surface area contributed by atoms with E-state index < -0.39 is 27.9 Å². The molecule has 7 nitrogen and oxygen atoms in total. The van der Waals surface area contributed by atoms with Gasteiger partial charge in [-0.15, -0.1) is 0 Å². The molecule has 1 amide bonds. The Hall–Kier alpha value is -3.36. The zero-order valence-corrected chi connectivity index (χ0v) is 19.8. The Kier molecular flexibility index (Phi) is 5.58. The number of hydrogen-bond donors (Lipinski definition) is 0. The van der Waals surface area contributed by atoms with Crippen molar-refractivity contribution in [3.63, 3.8) is 0 Å². The number of carbonyl (C=O) groups excluding carboxylic acids is 2. The van der Waals surface area contributed by atoms with Crippen molar-refractivity contribution in [1.82, 2.24) is 0 Å². The van der Waals surface area contributed by atoms with E-state index in [0.29, 0.717) is 30.8 Å². The maximum Gasteiger partial charge on any atom is 0.329 e. The summed E-state index contributed by atoms with van der Waals surface area (Å²) in [5, 5.41) is 0.0206. The number of nitrogens with zero attached hydrogens (tertiary/aromatic N) is 2. The van der Waals surface area contributed by atoms with Crippen LogP contribution in [-0.4, -0.2) is 40.0 Å². The quantitative estimate of drug-likeness (QED) is 0.512. The Balaban J connectivity index is 1.55. The van der Waals surface area contributed by atoms with E-state index in [-0.39, 0.29) is 15.5 Å². The number of benzene rings is 3. The molecular weight excluding hydrogens is 476 g/mol. The molecule has 0 aromatic heterocycles. The zero-order valence-electron chi connectivity index (χ0n) is 18.3. The summed E-state index contributed by atoms with van der Waals surface area (Å²) in [6.45, 7) is 0.292. The first-order valence-corrected chi connectivity index (χ1v) is 12.5. The van der Waals surface area contributed by atoms with Crippen LogP contribution in [0.5, 0.6) is 0 Å². The summed E-state index contributed by atoms with van der Waals surface area (Å²) in [4.78, 5) is 27.3. The predicted molar refractivity (Wildman–Crippen MR) is 129 cm³/mol. The van der Waals surface area contributed by atoms with Gasteiger partial charge in [0.25, 0.3) is 15.9 Å². The minimum Gasteiger partial charge on any atom is -0.467 e. The van der Waals surface area contributed by atoms with Crippen LogP contribution >= 0.6 is 11.6 Å². The van der Waals surface area contributed by atoms with Crippen LogP contribution in [0.4, 0.5) is 11.4 Å². The number of esters is 1. The number of hydrogen-bond acceptors (Lipinski definition) is 5. The second kappa shape index (κ2) is 8.45. The molecule has 0 aliphatic carbocycles. The highest BCUT2D eigenvalue weighted by Crippen LogP contribution is 2.37. The van der Waals surface area contributed by atoms with Crippen molar-refractivity contribution in [1.29, 1.82) is 0 Å². The van der Waals surface area contributed by atoms with Crippen molar-refractivity contribution in [3.8, 4) is 0 Å². The average Bonchev–Trinajstić information content (AvgIpc) is 3.45. The van der Waals surface area contributed by atoms with Gasteiger partial charge in [-0.05, 0) is 47.9 Å². The fourth-order valence-corrected chi connectivity index (χ4v) is 6.62. The lowest BCUT2D eigenvalue weighted by Crippen LogP contribution is -2.43. The van der Waals surface area contributed by atoms with E-state index >= 15 is 0 Å². The van der Waals surface area contributed by atoms with Crippen molar-refractivity contribution in [2.75, 3.05) is 22.9 Å². The fourth-order valence-electron chi connectivity index (χ4n) is 4.61. The normalized spacial score (nSPS) is 16.8. The number of anilines is 2. The lowest BCUT2D eigenvalue weighted by Gasteiger charge is -2.25. The average molecular weight is 497 g/mol. The van der Waals surface area contributed by atoms with Crippen molar-refractivity contribution >= 4 is 44.9 Å². The number of para-hydroxylation sites is 2. The van der Waals surface area contributed by atoms with Gasteiger partial charge in [0.1, 0.15) is 10.9 Å². The molecule has 174 valence electrons. The molecule has 0 N–H and O–H groups in total. The van der Waals surface area contributed by atoms with Crippen LogP contribution in [0.25, 0.3) is 0 Å². The van der Waals surface area contributed by atoms with Crippen molar-refractivity contribution < 1.29 is 22.7 Å². The van der Waals surface area contributed by atoms with E-state index in [9.17, 15) is 18.0 Å². The van der Waals surface area contributed by atoms with Gasteiger partial charge in [-0.2, -0.15) is 0 Å². The second-order valence-electron chi connectivity index (χ2n) is 8.15. The molecule has 3 aromatic carbocycles. The van der Waals surface area contributed by atoms with Gasteiger partial charge in [-0.1, -0.05) is 48.0 Å². The molecule has 0 fully saturated rings. The SMILES string of the molecule is COC(=O)C1Cc2ccccc2N1C(=O)c1ccc(Cl)c(S(=O)(=O)N2CCc3ccccc32)c1. The summed E-state index contributed by atoms with van der Waals surface area (Å²) < 4.78 is 33.4. The van der Waals surface area contributed by atoms with Crippen molar-refractivity contribution in [2.45, 2.75) is 23.8 Å². The fraction of sp³-hybridized carbons (Fsp3) is 0.200. The van der Waals surface area contributed by atoms with Gasteiger partial charge in [0.2, 0.25) is 0 Å². The van der Waals surface area contributed by atoms with E-state index in [4.69, 9.17) is 16.3 Å². The van der Waals surface area contributed by atoms with E-state index in [1.54, 1.807) is 24.3 Å². The van der Waals surface area contributed by atoms with E-state index in [0.717, 1.165) is 11.1 Å². The Morgan fingerprint density at radius 2 is 1.65 bits per heavy atom. The predicted octanol–water partition coefficient (Wildman–Crippen LogP) is 3.84. The highest BCUT2D eigenvalue weighted by atomic mass is 35.5. The third-order valence-corrected chi connectivity index (χ3v) is 8.55. The summed E-state index contributed by atoms with van der Waals surface area (Å²) in [6.07, 6.45) is 0.912. The van der Waals surface area contributed by atoms with Gasteiger partial charge >= 0.3 is 5.97 Å².